The molecule has 8 rings (SSSR count). The van der Waals surface area contributed by atoms with E-state index in [0.29, 0.717) is 49.8 Å². The Morgan fingerprint density at radius 1 is 0.672 bits per heavy atom. The van der Waals surface area contributed by atoms with Gasteiger partial charge in [0.25, 0.3) is 0 Å². The lowest BCUT2D eigenvalue weighted by molar-refractivity contribution is -0.115. The number of hydrogen-bond acceptors (Lipinski definition) is 12. The van der Waals surface area contributed by atoms with Gasteiger partial charge in [-0.2, -0.15) is 0 Å². The van der Waals surface area contributed by atoms with Crippen LogP contribution in [0.15, 0.2) is 94.0 Å². The molecule has 2 atom stereocenters. The third kappa shape index (κ3) is 11.7. The Labute approximate surface area is 394 Å². The zero-order chi connectivity index (χ0) is 46.2. The predicted octanol–water partition coefficient (Wildman–Crippen LogP) is 9.21. The van der Waals surface area contributed by atoms with Crippen molar-refractivity contribution in [2.75, 3.05) is 58.3 Å². The molecule has 334 valence electrons. The van der Waals surface area contributed by atoms with Gasteiger partial charge in [-0.1, -0.05) is 92.0 Å². The highest BCUT2D eigenvalue weighted by atomic mass is 79.9. The first-order valence-electron chi connectivity index (χ1n) is 19.3. The van der Waals surface area contributed by atoms with Gasteiger partial charge in [0.2, 0.25) is 11.8 Å². The van der Waals surface area contributed by atoms with E-state index in [1.54, 1.807) is 52.2 Å². The minimum Gasteiger partial charge on any atom is -0.441 e. The van der Waals surface area contributed by atoms with E-state index in [-0.39, 0.29) is 18.4 Å². The van der Waals surface area contributed by atoms with Crippen molar-refractivity contribution in [1.29, 1.82) is 0 Å². The molecule has 22 heteroatoms. The van der Waals surface area contributed by atoms with E-state index < -0.39 is 24.4 Å². The SMILES string of the molecule is CN1CC(=O)Nc2ccc(Br)cc21.C[C@@H](OC(=O)Nc1c(-c2ccc3c(c2)N(C)CC(=O)N3)nnn1C)c1ccccc1Cl.C[C@@H](OC(=O)Nc1c(Br)nnn1C)c1ccccc1Cl. The third-order valence-corrected chi connectivity index (χ3v) is 11.4. The Morgan fingerprint density at radius 3 is 1.66 bits per heavy atom. The molecule has 0 fully saturated rings. The second-order valence-electron chi connectivity index (χ2n) is 14.4. The van der Waals surface area contributed by atoms with Crippen molar-refractivity contribution in [3.63, 3.8) is 0 Å². The zero-order valence-corrected chi connectivity index (χ0v) is 39.9. The lowest BCUT2D eigenvalue weighted by Gasteiger charge is -2.27. The van der Waals surface area contributed by atoms with Gasteiger partial charge in [0, 0.05) is 59.4 Å². The van der Waals surface area contributed by atoms with Crippen LogP contribution in [-0.4, -0.2) is 81.2 Å². The number of rotatable bonds is 7. The topological polar surface area (TPSA) is 203 Å². The molecule has 0 saturated heterocycles. The number of anilines is 6. The van der Waals surface area contributed by atoms with Crippen LogP contribution in [0.1, 0.15) is 37.2 Å². The standard InChI is InChI=1S/C21H21ClN6O3.C12H12BrClN4O2.C9H9BrN2O/c1-12(14-6-4-5-7-15(14)22)31-21(30)24-20-19(25-26-28(20)3)13-8-9-16-17(10-13)27(2)11-18(29)23-16;1-7(8-5-3-4-6-9(8)14)20-12(19)15-11-10(13)16-17-18(11)2;1-12-5-9(13)11-7-3-2-6(10)4-8(7)12/h4-10,12H,11H2,1-3H3,(H,23,29)(H,24,30);3-7H,1-2H3,(H,15,19);2-4H,5H2,1H3,(H,11,13)/t12-;7-;/m11./s1. The van der Waals surface area contributed by atoms with Gasteiger partial charge in [0.05, 0.1) is 35.8 Å². The second-order valence-corrected chi connectivity index (χ2v) is 16.8. The first kappa shape index (κ1) is 47.3. The van der Waals surface area contributed by atoms with Crippen LogP contribution < -0.4 is 31.1 Å². The number of aryl methyl sites for hydroxylation is 2. The van der Waals surface area contributed by atoms with Crippen molar-refractivity contribution in [3.05, 3.63) is 115 Å². The average molecular weight is 1040 g/mol. The number of nitrogens with zero attached hydrogens (tertiary/aromatic N) is 8. The van der Waals surface area contributed by atoms with Gasteiger partial charge in [0.1, 0.15) is 17.9 Å². The normalized spacial score (nSPS) is 13.6. The van der Waals surface area contributed by atoms with E-state index in [0.717, 1.165) is 32.7 Å². The predicted molar refractivity (Wildman–Crippen MR) is 253 cm³/mol. The fourth-order valence-electron chi connectivity index (χ4n) is 6.47. The maximum Gasteiger partial charge on any atom is 0.413 e. The van der Waals surface area contributed by atoms with Crippen LogP contribution in [0.3, 0.4) is 0 Å². The smallest absolute Gasteiger partial charge is 0.413 e. The molecule has 0 radical (unpaired) electrons. The zero-order valence-electron chi connectivity index (χ0n) is 35.2. The quantitative estimate of drug-likeness (QED) is 0.118. The summed E-state index contributed by atoms with van der Waals surface area (Å²) in [6.45, 7) is 4.17. The fraction of sp³-hybridized carbons (Fsp3) is 0.238. The molecule has 0 bridgehead atoms. The number of halogens is 4. The summed E-state index contributed by atoms with van der Waals surface area (Å²) in [7, 11) is 7.08. The highest BCUT2D eigenvalue weighted by Gasteiger charge is 2.24. The molecule has 6 aromatic rings. The first-order chi connectivity index (χ1) is 30.5. The number of carbonyl (C=O) groups is 4. The summed E-state index contributed by atoms with van der Waals surface area (Å²) in [5, 5.41) is 27.8. The maximum atomic E-state index is 12.6. The van der Waals surface area contributed by atoms with Gasteiger partial charge in [-0.25, -0.2) is 19.0 Å². The largest absolute Gasteiger partial charge is 0.441 e. The van der Waals surface area contributed by atoms with Crippen molar-refractivity contribution in [3.8, 4) is 11.3 Å². The van der Waals surface area contributed by atoms with E-state index in [1.165, 1.54) is 9.36 Å². The minimum absolute atomic E-state index is 0.0392. The average Bonchev–Trinajstić information content (AvgIpc) is 3.77. The monoisotopic (exact) mass is 1040 g/mol. The van der Waals surface area contributed by atoms with Crippen molar-refractivity contribution >= 4 is 113 Å². The lowest BCUT2D eigenvalue weighted by atomic mass is 10.1. The molecule has 4 heterocycles. The van der Waals surface area contributed by atoms with Gasteiger partial charge >= 0.3 is 12.2 Å². The first-order valence-corrected chi connectivity index (χ1v) is 21.7. The highest BCUT2D eigenvalue weighted by molar-refractivity contribution is 9.10. The van der Waals surface area contributed by atoms with E-state index in [2.05, 4.69) is 73.8 Å². The molecule has 18 nitrogen and oxygen atoms in total. The summed E-state index contributed by atoms with van der Waals surface area (Å²) in [6.07, 6.45) is -2.27. The molecule has 2 aliphatic heterocycles. The van der Waals surface area contributed by atoms with Crippen molar-refractivity contribution in [1.82, 2.24) is 30.0 Å². The molecule has 0 unspecified atom stereocenters. The van der Waals surface area contributed by atoms with E-state index in [4.69, 9.17) is 32.7 Å². The van der Waals surface area contributed by atoms with E-state index in [1.807, 2.05) is 84.6 Å². The Hall–Kier alpha value is -6.22. The van der Waals surface area contributed by atoms with Crippen LogP contribution in [0, 0.1) is 0 Å². The number of aromatic nitrogens is 6. The molecule has 0 spiro atoms. The molecular weight excluding hydrogens is 999 g/mol. The number of benzene rings is 4. The van der Waals surface area contributed by atoms with Crippen molar-refractivity contribution < 1.29 is 28.7 Å². The fourth-order valence-corrected chi connectivity index (χ4v) is 7.83. The summed E-state index contributed by atoms with van der Waals surface area (Å²) in [4.78, 5) is 51.1. The van der Waals surface area contributed by atoms with E-state index >= 15 is 0 Å². The van der Waals surface area contributed by atoms with Crippen molar-refractivity contribution in [2.24, 2.45) is 14.1 Å². The molecule has 0 saturated carbocycles. The summed E-state index contributed by atoms with van der Waals surface area (Å²) in [6, 6.07) is 25.7. The number of nitrogens with one attached hydrogen (secondary N) is 4. The Bertz CT molecular complexity index is 2680. The van der Waals surface area contributed by atoms with Crippen LogP contribution in [0.2, 0.25) is 10.0 Å². The molecule has 4 N–H and O–H groups in total. The third-order valence-electron chi connectivity index (χ3n) is 9.67. The minimum atomic E-state index is -0.651. The van der Waals surface area contributed by atoms with Gasteiger partial charge in [-0.15, -0.1) is 10.2 Å². The van der Waals surface area contributed by atoms with Gasteiger partial charge < -0.3 is 29.9 Å². The Balaban J connectivity index is 0.000000176. The van der Waals surface area contributed by atoms with Gasteiger partial charge in [-0.3, -0.25) is 20.2 Å². The maximum absolute atomic E-state index is 12.6. The number of likely N-dealkylation sites (N-methyl/N-ethyl adjacent to an activating group) is 2. The van der Waals surface area contributed by atoms with E-state index in [9.17, 15) is 19.2 Å². The molecule has 4 aromatic carbocycles. The Morgan fingerprint density at radius 2 is 1.14 bits per heavy atom. The van der Waals surface area contributed by atoms with Crippen LogP contribution in [0.5, 0.6) is 0 Å². The highest BCUT2D eigenvalue weighted by Crippen LogP contribution is 2.36. The van der Waals surface area contributed by atoms with Crippen LogP contribution in [0.4, 0.5) is 44.0 Å². The number of carbonyl (C=O) groups excluding carboxylic acids is 4. The molecule has 64 heavy (non-hydrogen) atoms. The Kier molecular flexibility index (Phi) is 15.5. The van der Waals surface area contributed by atoms with Crippen molar-refractivity contribution in [2.45, 2.75) is 26.1 Å². The van der Waals surface area contributed by atoms with Crippen LogP contribution >= 0.6 is 55.1 Å². The molecular formula is C42H42Br2Cl2N12O6. The summed E-state index contributed by atoms with van der Waals surface area (Å²) in [5.74, 6) is 0.775. The van der Waals surface area contributed by atoms with Crippen LogP contribution in [-0.2, 0) is 33.2 Å². The molecule has 2 aromatic heterocycles. The summed E-state index contributed by atoms with van der Waals surface area (Å²) < 4.78 is 15.1. The molecule has 4 amide bonds. The van der Waals surface area contributed by atoms with Gasteiger partial charge in [-0.05, 0) is 72.2 Å². The number of ether oxygens (including phenoxy) is 2. The van der Waals surface area contributed by atoms with Crippen LogP contribution in [0.25, 0.3) is 11.3 Å². The second kappa shape index (κ2) is 21.0. The van der Waals surface area contributed by atoms with Gasteiger partial charge in [0.15, 0.2) is 16.2 Å². The number of hydrogen-bond donors (Lipinski definition) is 4. The molecule has 2 aliphatic rings. The molecule has 0 aliphatic carbocycles. The summed E-state index contributed by atoms with van der Waals surface area (Å²) in [5.41, 5.74) is 6.17. The number of fused-ring (bicyclic) bond motifs is 2. The number of amides is 4. The summed E-state index contributed by atoms with van der Waals surface area (Å²) >= 11 is 18.8. The lowest BCUT2D eigenvalue weighted by Crippen LogP contribution is -2.35.